The largest absolute Gasteiger partial charge is 0.480 e. The minimum Gasteiger partial charge on any atom is -0.480 e. The molecule has 2 fully saturated rings. The lowest BCUT2D eigenvalue weighted by Crippen LogP contribution is -2.57. The van der Waals surface area contributed by atoms with Gasteiger partial charge in [0.05, 0.1) is 11.5 Å². The highest BCUT2D eigenvalue weighted by Gasteiger charge is 2.44. The summed E-state index contributed by atoms with van der Waals surface area (Å²) in [6.45, 7) is 0. The van der Waals surface area contributed by atoms with Gasteiger partial charge in [-0.2, -0.15) is 0 Å². The molecule has 0 aromatic carbocycles. The highest BCUT2D eigenvalue weighted by atomic mass is 32.2. The molecule has 6 nitrogen and oxygen atoms in total. The zero-order chi connectivity index (χ0) is 15.0. The smallest absolute Gasteiger partial charge is 0.323 e. The van der Waals surface area contributed by atoms with Crippen molar-refractivity contribution in [1.82, 2.24) is 10.2 Å². The summed E-state index contributed by atoms with van der Waals surface area (Å²) in [6.07, 6.45) is 3.61. The third-order valence-electron chi connectivity index (χ3n) is 4.97. The first-order valence-corrected chi connectivity index (χ1v) is 8.96. The predicted molar refractivity (Wildman–Crippen MR) is 76.5 cm³/mol. The van der Waals surface area contributed by atoms with E-state index in [1.807, 2.05) is 7.05 Å². The molecule has 1 aliphatic carbocycles. The molecule has 1 aliphatic heterocycles. The Balaban J connectivity index is 2.07. The van der Waals surface area contributed by atoms with Crippen molar-refractivity contribution >= 4 is 15.8 Å². The van der Waals surface area contributed by atoms with Crippen LogP contribution in [0.4, 0.5) is 0 Å². The molecule has 1 saturated heterocycles. The Labute approximate surface area is 120 Å². The first kappa shape index (κ1) is 15.7. The maximum atomic E-state index is 11.6. The molecule has 0 aromatic heterocycles. The lowest BCUT2D eigenvalue weighted by Gasteiger charge is -2.42. The van der Waals surface area contributed by atoms with Crippen LogP contribution in [-0.4, -0.2) is 67.6 Å². The van der Waals surface area contributed by atoms with E-state index in [0.717, 1.165) is 12.8 Å². The maximum Gasteiger partial charge on any atom is 0.323 e. The number of sulfone groups is 1. The van der Waals surface area contributed by atoms with Crippen LogP contribution in [0.25, 0.3) is 0 Å². The third-order valence-corrected chi connectivity index (χ3v) is 6.72. The van der Waals surface area contributed by atoms with Gasteiger partial charge in [0.2, 0.25) is 0 Å². The Morgan fingerprint density at radius 1 is 1.35 bits per heavy atom. The van der Waals surface area contributed by atoms with Crippen LogP contribution in [0.2, 0.25) is 0 Å². The molecule has 3 unspecified atom stereocenters. The van der Waals surface area contributed by atoms with Crippen LogP contribution in [0.5, 0.6) is 0 Å². The van der Waals surface area contributed by atoms with Gasteiger partial charge in [0, 0.05) is 12.1 Å². The zero-order valence-electron chi connectivity index (χ0n) is 12.1. The molecule has 2 rings (SSSR count). The van der Waals surface area contributed by atoms with E-state index in [4.69, 9.17) is 0 Å². The highest BCUT2D eigenvalue weighted by molar-refractivity contribution is 7.91. The van der Waals surface area contributed by atoms with E-state index in [-0.39, 0.29) is 23.6 Å². The number of hydrogen-bond donors (Lipinski definition) is 2. The molecule has 3 atom stereocenters. The van der Waals surface area contributed by atoms with Gasteiger partial charge >= 0.3 is 5.97 Å². The molecule has 1 saturated carbocycles. The van der Waals surface area contributed by atoms with Gasteiger partial charge in [-0.15, -0.1) is 0 Å². The van der Waals surface area contributed by atoms with Crippen LogP contribution >= 0.6 is 0 Å². The van der Waals surface area contributed by atoms with E-state index >= 15 is 0 Å². The molecule has 0 radical (unpaired) electrons. The van der Waals surface area contributed by atoms with Gasteiger partial charge in [-0.25, -0.2) is 8.42 Å². The molecule has 7 heteroatoms. The molecule has 0 spiro atoms. The Morgan fingerprint density at radius 2 is 2.05 bits per heavy atom. The topological polar surface area (TPSA) is 86.7 Å². The quantitative estimate of drug-likeness (QED) is 0.765. The fraction of sp³-hybridized carbons (Fsp3) is 0.923. The number of likely N-dealkylation sites (N-methyl/N-ethyl adjacent to an activating group) is 1. The van der Waals surface area contributed by atoms with Crippen molar-refractivity contribution in [2.24, 2.45) is 0 Å². The minimum absolute atomic E-state index is 0.0338. The molecule has 2 N–H and O–H groups in total. The summed E-state index contributed by atoms with van der Waals surface area (Å²) in [5.41, 5.74) is -0.866. The fourth-order valence-corrected chi connectivity index (χ4v) is 5.30. The molecular formula is C13H24N2O4S. The second-order valence-corrected chi connectivity index (χ2v) is 8.34. The Kier molecular flexibility index (Phi) is 4.41. The van der Waals surface area contributed by atoms with E-state index < -0.39 is 21.3 Å². The Morgan fingerprint density at radius 3 is 2.55 bits per heavy atom. The van der Waals surface area contributed by atoms with Gasteiger partial charge in [-0.1, -0.05) is 0 Å². The maximum absolute atomic E-state index is 11.6. The van der Waals surface area contributed by atoms with E-state index in [1.54, 1.807) is 7.05 Å². The van der Waals surface area contributed by atoms with Crippen molar-refractivity contribution < 1.29 is 18.3 Å². The number of carboxylic acids is 1. The summed E-state index contributed by atoms with van der Waals surface area (Å²) in [5, 5.41) is 12.4. The van der Waals surface area contributed by atoms with Crippen molar-refractivity contribution in [3.63, 3.8) is 0 Å². The molecule has 2 aliphatic rings. The molecular weight excluding hydrogens is 280 g/mol. The summed E-state index contributed by atoms with van der Waals surface area (Å²) in [4.78, 5) is 13.6. The average Bonchev–Trinajstić information content (AvgIpc) is 2.78. The van der Waals surface area contributed by atoms with Gasteiger partial charge in [-0.05, 0) is 46.2 Å². The van der Waals surface area contributed by atoms with Crippen LogP contribution in [0.3, 0.4) is 0 Å². The molecule has 1 heterocycles. The second-order valence-electron chi connectivity index (χ2n) is 6.11. The number of carbonyl (C=O) groups is 1. The number of nitrogens with one attached hydrogen (secondary N) is 1. The first-order valence-electron chi connectivity index (χ1n) is 7.14. The monoisotopic (exact) mass is 304 g/mol. The van der Waals surface area contributed by atoms with E-state index in [2.05, 4.69) is 10.2 Å². The molecule has 0 amide bonds. The third kappa shape index (κ3) is 2.99. The number of carboxylic acid groups (broad SMARTS) is 1. The summed E-state index contributed by atoms with van der Waals surface area (Å²) < 4.78 is 23.2. The lowest BCUT2D eigenvalue weighted by molar-refractivity contribution is -0.147. The number of aliphatic carboxylic acids is 1. The average molecular weight is 304 g/mol. The van der Waals surface area contributed by atoms with Gasteiger partial charge in [0.15, 0.2) is 9.84 Å². The summed E-state index contributed by atoms with van der Waals surface area (Å²) >= 11 is 0. The van der Waals surface area contributed by atoms with E-state index in [0.29, 0.717) is 19.3 Å². The first-order chi connectivity index (χ1) is 9.30. The van der Waals surface area contributed by atoms with Gasteiger partial charge in [0.25, 0.3) is 0 Å². The summed E-state index contributed by atoms with van der Waals surface area (Å²) in [7, 11) is 0.722. The molecule has 0 bridgehead atoms. The van der Waals surface area contributed by atoms with Gasteiger partial charge < -0.3 is 10.4 Å². The number of nitrogens with zero attached hydrogens (tertiary/aromatic N) is 1. The van der Waals surface area contributed by atoms with Crippen molar-refractivity contribution in [2.45, 2.75) is 49.7 Å². The molecule has 0 aromatic rings. The number of rotatable bonds is 4. The molecule has 20 heavy (non-hydrogen) atoms. The normalized spacial score (nSPS) is 37.1. The minimum atomic E-state index is -2.90. The van der Waals surface area contributed by atoms with Crippen LogP contribution in [0.15, 0.2) is 0 Å². The highest BCUT2D eigenvalue weighted by Crippen LogP contribution is 2.33. The summed E-state index contributed by atoms with van der Waals surface area (Å²) in [5.74, 6) is -0.345. The van der Waals surface area contributed by atoms with E-state index in [1.165, 1.54) is 0 Å². The molecule has 116 valence electrons. The fourth-order valence-electron chi connectivity index (χ4n) is 3.52. The van der Waals surface area contributed by atoms with Crippen molar-refractivity contribution in [2.75, 3.05) is 25.6 Å². The van der Waals surface area contributed by atoms with Gasteiger partial charge in [-0.3, -0.25) is 9.69 Å². The van der Waals surface area contributed by atoms with Gasteiger partial charge in [0.1, 0.15) is 5.54 Å². The zero-order valence-corrected chi connectivity index (χ0v) is 12.9. The number of hydrogen-bond acceptors (Lipinski definition) is 5. The second kappa shape index (κ2) is 5.61. The Bertz CT molecular complexity index is 479. The SMILES string of the molecule is CNC1(C(=O)O)CCCC(N(C)C2CCS(=O)(=O)C2)C1. The van der Waals surface area contributed by atoms with Crippen molar-refractivity contribution in [3.8, 4) is 0 Å². The summed E-state index contributed by atoms with van der Waals surface area (Å²) in [6, 6.07) is 0.164. The van der Waals surface area contributed by atoms with Crippen LogP contribution in [-0.2, 0) is 14.6 Å². The van der Waals surface area contributed by atoms with E-state index in [9.17, 15) is 18.3 Å². The standard InChI is InChI=1S/C13H24N2O4S/c1-14-13(12(16)17)6-3-4-10(8-13)15(2)11-5-7-20(18,19)9-11/h10-11,14H,3-9H2,1-2H3,(H,16,17). The lowest BCUT2D eigenvalue weighted by atomic mass is 9.78. The van der Waals surface area contributed by atoms with Crippen LogP contribution in [0.1, 0.15) is 32.1 Å². The Hall–Kier alpha value is -0.660. The van der Waals surface area contributed by atoms with Crippen LogP contribution in [0, 0.1) is 0 Å². The van der Waals surface area contributed by atoms with Crippen LogP contribution < -0.4 is 5.32 Å². The predicted octanol–water partition coefficient (Wildman–Crippen LogP) is 0.0907. The van der Waals surface area contributed by atoms with Crippen molar-refractivity contribution in [1.29, 1.82) is 0 Å². The van der Waals surface area contributed by atoms with Crippen molar-refractivity contribution in [3.05, 3.63) is 0 Å².